The molecule has 0 bridgehead atoms. The molecule has 1 saturated carbocycles. The van der Waals surface area contributed by atoms with Crippen molar-refractivity contribution in [2.45, 2.75) is 58.3 Å². The van der Waals surface area contributed by atoms with Gasteiger partial charge >= 0.3 is 0 Å². The number of aliphatic hydroxyl groups is 1. The van der Waals surface area contributed by atoms with Crippen molar-refractivity contribution in [3.05, 3.63) is 33.4 Å². The predicted molar refractivity (Wildman–Crippen MR) is 93.9 cm³/mol. The summed E-state index contributed by atoms with van der Waals surface area (Å²) in [4.78, 5) is 0. The molecule has 2 rings (SSSR count). The first-order valence-corrected chi connectivity index (χ1v) is 9.10. The molecule has 1 nitrogen and oxygen atoms in total. The van der Waals surface area contributed by atoms with E-state index in [-0.39, 0.29) is 5.41 Å². The minimum atomic E-state index is 0.148. The quantitative estimate of drug-likeness (QED) is 0.667. The smallest absolute Gasteiger partial charge is 0.0490 e. The van der Waals surface area contributed by atoms with Gasteiger partial charge in [-0.1, -0.05) is 38.3 Å². The Labute approximate surface area is 137 Å². The van der Waals surface area contributed by atoms with Crippen molar-refractivity contribution >= 4 is 22.6 Å². The van der Waals surface area contributed by atoms with Gasteiger partial charge in [-0.15, -0.1) is 0 Å². The first-order valence-electron chi connectivity index (χ1n) is 8.03. The van der Waals surface area contributed by atoms with E-state index in [4.69, 9.17) is 0 Å². The monoisotopic (exact) mass is 386 g/mol. The lowest BCUT2D eigenvalue weighted by Gasteiger charge is -2.39. The number of hydrogen-bond acceptors (Lipinski definition) is 1. The van der Waals surface area contributed by atoms with E-state index < -0.39 is 0 Å². The van der Waals surface area contributed by atoms with Crippen LogP contribution in [0.25, 0.3) is 0 Å². The number of unbranched alkanes of at least 4 members (excludes halogenated alkanes) is 1. The van der Waals surface area contributed by atoms with Gasteiger partial charge in [0.2, 0.25) is 0 Å². The Morgan fingerprint density at radius 2 is 1.85 bits per heavy atom. The number of rotatable bonds is 6. The van der Waals surface area contributed by atoms with Crippen LogP contribution in [-0.2, 0) is 6.42 Å². The lowest BCUT2D eigenvalue weighted by atomic mass is 9.67. The summed E-state index contributed by atoms with van der Waals surface area (Å²) in [7, 11) is 0. The molecule has 1 aromatic carbocycles. The first-order chi connectivity index (χ1) is 9.67. The highest BCUT2D eigenvalue weighted by atomic mass is 127. The molecule has 1 aliphatic rings. The number of benzene rings is 1. The van der Waals surface area contributed by atoms with Crippen molar-refractivity contribution in [3.63, 3.8) is 0 Å². The van der Waals surface area contributed by atoms with Crippen molar-refractivity contribution in [3.8, 4) is 0 Å². The molecule has 1 fully saturated rings. The van der Waals surface area contributed by atoms with E-state index in [1.165, 1.54) is 54.1 Å². The molecule has 0 heterocycles. The molecule has 0 radical (unpaired) electrons. The summed E-state index contributed by atoms with van der Waals surface area (Å²) >= 11 is 2.35. The molecular weight excluding hydrogens is 359 g/mol. The molecule has 0 aromatic heterocycles. The Bertz CT molecular complexity index is 390. The van der Waals surface area contributed by atoms with Gasteiger partial charge in [-0.05, 0) is 83.7 Å². The van der Waals surface area contributed by atoms with E-state index in [1.54, 1.807) is 0 Å². The summed E-state index contributed by atoms with van der Waals surface area (Å²) in [6.07, 6.45) is 10.1. The highest BCUT2D eigenvalue weighted by Crippen LogP contribution is 2.42. The topological polar surface area (TPSA) is 20.2 Å². The molecular formula is C18H27IO. The van der Waals surface area contributed by atoms with E-state index >= 15 is 0 Å². The van der Waals surface area contributed by atoms with Gasteiger partial charge in [0.25, 0.3) is 0 Å². The van der Waals surface area contributed by atoms with Gasteiger partial charge in [-0.3, -0.25) is 0 Å². The van der Waals surface area contributed by atoms with Crippen molar-refractivity contribution in [2.24, 2.45) is 11.3 Å². The fourth-order valence-electron chi connectivity index (χ4n) is 3.50. The molecule has 0 aliphatic heterocycles. The van der Waals surface area contributed by atoms with Crippen LogP contribution in [0.5, 0.6) is 0 Å². The summed E-state index contributed by atoms with van der Waals surface area (Å²) in [5, 5.41) is 9.92. The van der Waals surface area contributed by atoms with Gasteiger partial charge in [0.15, 0.2) is 0 Å². The van der Waals surface area contributed by atoms with Crippen LogP contribution >= 0.6 is 22.6 Å². The normalized spacial score (nSPS) is 26.6. The fourth-order valence-corrected chi connectivity index (χ4v) is 3.86. The third-order valence-electron chi connectivity index (χ3n) is 4.96. The highest BCUT2D eigenvalue weighted by Gasteiger charge is 2.34. The van der Waals surface area contributed by atoms with Crippen LogP contribution in [0, 0.1) is 14.9 Å². The lowest BCUT2D eigenvalue weighted by Crippen LogP contribution is -2.33. The minimum absolute atomic E-state index is 0.148. The lowest BCUT2D eigenvalue weighted by molar-refractivity contribution is 0.0621. The zero-order valence-corrected chi connectivity index (χ0v) is 14.7. The second-order valence-electron chi connectivity index (χ2n) is 6.55. The van der Waals surface area contributed by atoms with Gasteiger partial charge in [0.1, 0.15) is 0 Å². The van der Waals surface area contributed by atoms with Crippen molar-refractivity contribution in [2.75, 3.05) is 6.61 Å². The van der Waals surface area contributed by atoms with Crippen molar-refractivity contribution in [1.29, 1.82) is 0 Å². The third kappa shape index (κ3) is 4.45. The molecule has 20 heavy (non-hydrogen) atoms. The molecule has 1 N–H and O–H groups in total. The van der Waals surface area contributed by atoms with Crippen molar-refractivity contribution < 1.29 is 5.11 Å². The summed E-state index contributed by atoms with van der Waals surface area (Å²) in [5.41, 5.74) is 1.53. The van der Waals surface area contributed by atoms with Gasteiger partial charge in [-0.25, -0.2) is 0 Å². The Kier molecular flexibility index (Phi) is 6.34. The Morgan fingerprint density at radius 3 is 2.40 bits per heavy atom. The van der Waals surface area contributed by atoms with Crippen LogP contribution in [0.3, 0.4) is 0 Å². The average molecular weight is 386 g/mol. The van der Waals surface area contributed by atoms with Crippen LogP contribution in [0.4, 0.5) is 0 Å². The van der Waals surface area contributed by atoms with Gasteiger partial charge < -0.3 is 5.11 Å². The largest absolute Gasteiger partial charge is 0.396 e. The van der Waals surface area contributed by atoms with Crippen LogP contribution in [0.2, 0.25) is 0 Å². The predicted octanol–water partition coefficient (Wildman–Crippen LogP) is 5.19. The molecule has 1 aromatic rings. The Hall–Kier alpha value is -0.0900. The van der Waals surface area contributed by atoms with Crippen LogP contribution in [-0.4, -0.2) is 11.7 Å². The van der Waals surface area contributed by atoms with Crippen molar-refractivity contribution in [1.82, 2.24) is 0 Å². The number of aliphatic hydroxyl groups excluding tert-OH is 1. The van der Waals surface area contributed by atoms with Crippen LogP contribution in [0.1, 0.15) is 57.4 Å². The molecule has 0 unspecified atom stereocenters. The number of hydrogen-bond donors (Lipinski definition) is 1. The molecule has 1 aliphatic carbocycles. The van der Waals surface area contributed by atoms with Gasteiger partial charge in [0, 0.05) is 10.2 Å². The van der Waals surface area contributed by atoms with E-state index in [1.807, 2.05) is 0 Å². The molecule has 0 spiro atoms. The standard InChI is InChI=1S/C18H27IO/c1-2-3-4-15-9-11-18(14-20,12-10-15)13-16-5-7-17(19)8-6-16/h5-8,15,20H,2-4,9-14H2,1H3. The van der Waals surface area contributed by atoms with E-state index in [9.17, 15) is 5.11 Å². The maximum absolute atomic E-state index is 9.92. The summed E-state index contributed by atoms with van der Waals surface area (Å²) in [5.74, 6) is 0.909. The Morgan fingerprint density at radius 1 is 1.20 bits per heavy atom. The molecule has 0 saturated heterocycles. The Balaban J connectivity index is 1.92. The summed E-state index contributed by atoms with van der Waals surface area (Å²) < 4.78 is 1.28. The fraction of sp³-hybridized carbons (Fsp3) is 0.667. The summed E-state index contributed by atoms with van der Waals surface area (Å²) in [6.45, 7) is 2.62. The first kappa shape index (κ1) is 16.3. The third-order valence-corrected chi connectivity index (χ3v) is 5.68. The SMILES string of the molecule is CCCCC1CCC(CO)(Cc2ccc(I)cc2)CC1. The molecule has 2 heteroatoms. The number of halogens is 1. The van der Waals surface area contributed by atoms with E-state index in [0.29, 0.717) is 6.61 Å². The molecule has 0 atom stereocenters. The van der Waals surface area contributed by atoms with Crippen LogP contribution < -0.4 is 0 Å². The zero-order chi connectivity index (χ0) is 14.4. The molecule has 0 amide bonds. The van der Waals surface area contributed by atoms with E-state index in [0.717, 1.165) is 12.3 Å². The van der Waals surface area contributed by atoms with E-state index in [2.05, 4.69) is 53.8 Å². The minimum Gasteiger partial charge on any atom is -0.396 e. The summed E-state index contributed by atoms with van der Waals surface area (Å²) in [6, 6.07) is 8.80. The highest BCUT2D eigenvalue weighted by molar-refractivity contribution is 14.1. The zero-order valence-electron chi connectivity index (χ0n) is 12.6. The maximum Gasteiger partial charge on any atom is 0.0490 e. The maximum atomic E-state index is 9.92. The second kappa shape index (κ2) is 7.79. The molecule has 112 valence electrons. The van der Waals surface area contributed by atoms with Crippen LogP contribution in [0.15, 0.2) is 24.3 Å². The van der Waals surface area contributed by atoms with Gasteiger partial charge in [-0.2, -0.15) is 0 Å². The average Bonchev–Trinajstić information content (AvgIpc) is 2.49. The second-order valence-corrected chi connectivity index (χ2v) is 7.79. The van der Waals surface area contributed by atoms with Gasteiger partial charge in [0.05, 0.1) is 0 Å².